The predicted molar refractivity (Wildman–Crippen MR) is 122 cm³/mol. The third kappa shape index (κ3) is 8.02. The number of aromatic nitrogens is 1. The van der Waals surface area contributed by atoms with E-state index in [1.54, 1.807) is 0 Å². The molecule has 0 unspecified atom stereocenters. The highest BCUT2D eigenvalue weighted by Gasteiger charge is 2.20. The molecule has 0 radical (unpaired) electrons. The van der Waals surface area contributed by atoms with Crippen molar-refractivity contribution < 1.29 is 0 Å². The number of rotatable bonds is 7. The van der Waals surface area contributed by atoms with Crippen LogP contribution in [-0.2, 0) is 0 Å². The second kappa shape index (κ2) is 12.6. The molecular weight excluding hydrogens is 445 g/mol. The first-order chi connectivity index (χ1) is 11.7. The highest BCUT2D eigenvalue weighted by Crippen LogP contribution is 2.18. The normalized spacial score (nSPS) is 15.6. The lowest BCUT2D eigenvalue weighted by molar-refractivity contribution is 0.459. The van der Waals surface area contributed by atoms with Crippen LogP contribution in [0.25, 0.3) is 0 Å². The Morgan fingerprint density at radius 1 is 1.36 bits per heavy atom. The van der Waals surface area contributed by atoms with E-state index >= 15 is 0 Å². The zero-order valence-corrected chi connectivity index (χ0v) is 18.8. The number of aryl methyl sites for hydroxylation is 1. The molecule has 0 bridgehead atoms. The highest BCUT2D eigenvalue weighted by atomic mass is 127. The molecule has 0 amide bonds. The molecule has 1 aliphatic rings. The zero-order valence-electron chi connectivity index (χ0n) is 15.6. The van der Waals surface area contributed by atoms with Crippen LogP contribution < -0.4 is 15.5 Å². The second-order valence-corrected chi connectivity index (χ2v) is 7.14. The largest absolute Gasteiger partial charge is 0.357 e. The van der Waals surface area contributed by atoms with E-state index in [9.17, 15) is 0 Å². The van der Waals surface area contributed by atoms with E-state index in [4.69, 9.17) is 0 Å². The third-order valence-electron chi connectivity index (χ3n) is 4.15. The van der Waals surface area contributed by atoms with E-state index in [-0.39, 0.29) is 24.0 Å². The van der Waals surface area contributed by atoms with Crippen LogP contribution >= 0.6 is 35.7 Å². The summed E-state index contributed by atoms with van der Waals surface area (Å²) in [7, 11) is 0. The standard InChI is InChI=1S/C18H31N5S.HI/c1-4-19-18(20-11-6-14-24-3)22-16-9-12-23(13-10-16)17-8-5-7-15(2)21-17;/h5,7-8,16H,4,6,9-14H2,1-3H3,(H2,19,20,22);1H. The number of piperidine rings is 1. The molecule has 25 heavy (non-hydrogen) atoms. The summed E-state index contributed by atoms with van der Waals surface area (Å²) < 4.78 is 0. The fourth-order valence-corrected chi connectivity index (χ4v) is 3.29. The van der Waals surface area contributed by atoms with Gasteiger partial charge in [-0.25, -0.2) is 4.98 Å². The van der Waals surface area contributed by atoms with Gasteiger partial charge >= 0.3 is 0 Å². The summed E-state index contributed by atoms with van der Waals surface area (Å²) in [5.74, 6) is 3.24. The van der Waals surface area contributed by atoms with Gasteiger partial charge in [-0.15, -0.1) is 24.0 Å². The number of hydrogen-bond donors (Lipinski definition) is 2. The van der Waals surface area contributed by atoms with Crippen molar-refractivity contribution in [3.8, 4) is 0 Å². The Kier molecular flexibility index (Phi) is 11.3. The number of anilines is 1. The van der Waals surface area contributed by atoms with Crippen molar-refractivity contribution in [1.29, 1.82) is 0 Å². The molecule has 0 spiro atoms. The number of aliphatic imine (C=N–C) groups is 1. The van der Waals surface area contributed by atoms with E-state index in [0.717, 1.165) is 62.9 Å². The molecule has 2 N–H and O–H groups in total. The minimum absolute atomic E-state index is 0. The van der Waals surface area contributed by atoms with Gasteiger partial charge in [-0.05, 0) is 57.3 Å². The number of thioether (sulfide) groups is 1. The van der Waals surface area contributed by atoms with Gasteiger partial charge in [0.25, 0.3) is 0 Å². The van der Waals surface area contributed by atoms with Crippen LogP contribution in [0.5, 0.6) is 0 Å². The molecule has 0 aliphatic carbocycles. The van der Waals surface area contributed by atoms with Crippen molar-refractivity contribution >= 4 is 47.5 Å². The number of nitrogens with one attached hydrogen (secondary N) is 2. The third-order valence-corrected chi connectivity index (χ3v) is 4.85. The zero-order chi connectivity index (χ0) is 17.2. The number of hydrogen-bond acceptors (Lipinski definition) is 4. The first-order valence-electron chi connectivity index (χ1n) is 8.95. The molecule has 0 atom stereocenters. The van der Waals surface area contributed by atoms with Gasteiger partial charge in [-0.2, -0.15) is 11.8 Å². The van der Waals surface area contributed by atoms with Gasteiger partial charge in [-0.3, -0.25) is 4.99 Å². The topological polar surface area (TPSA) is 52.6 Å². The van der Waals surface area contributed by atoms with Crippen LogP contribution in [0.4, 0.5) is 5.82 Å². The Bertz CT molecular complexity index is 518. The second-order valence-electron chi connectivity index (χ2n) is 6.15. The molecule has 1 fully saturated rings. The predicted octanol–water partition coefficient (Wildman–Crippen LogP) is 3.29. The monoisotopic (exact) mass is 477 g/mol. The van der Waals surface area contributed by atoms with Gasteiger partial charge in [0.15, 0.2) is 5.96 Å². The Labute approximate surface area is 173 Å². The molecular formula is C18H32IN5S. The van der Waals surface area contributed by atoms with Gasteiger partial charge in [0.1, 0.15) is 5.82 Å². The molecule has 2 heterocycles. The summed E-state index contributed by atoms with van der Waals surface area (Å²) in [5.41, 5.74) is 1.08. The smallest absolute Gasteiger partial charge is 0.191 e. The van der Waals surface area contributed by atoms with Crippen molar-refractivity contribution in [2.24, 2.45) is 4.99 Å². The minimum Gasteiger partial charge on any atom is -0.357 e. The van der Waals surface area contributed by atoms with Crippen molar-refractivity contribution in [3.05, 3.63) is 23.9 Å². The Balaban J connectivity index is 0.00000312. The Morgan fingerprint density at radius 2 is 2.12 bits per heavy atom. The summed E-state index contributed by atoms with van der Waals surface area (Å²) in [6.45, 7) is 8.04. The van der Waals surface area contributed by atoms with Gasteiger partial charge in [0.2, 0.25) is 0 Å². The Morgan fingerprint density at radius 3 is 2.76 bits per heavy atom. The summed E-state index contributed by atoms with van der Waals surface area (Å²) in [4.78, 5) is 11.7. The van der Waals surface area contributed by atoms with Crippen LogP contribution in [0, 0.1) is 6.92 Å². The van der Waals surface area contributed by atoms with Crippen LogP contribution in [0.15, 0.2) is 23.2 Å². The molecule has 5 nitrogen and oxygen atoms in total. The van der Waals surface area contributed by atoms with Crippen molar-refractivity contribution in [1.82, 2.24) is 15.6 Å². The molecule has 142 valence electrons. The molecule has 2 rings (SSSR count). The number of guanidine groups is 1. The SMILES string of the molecule is CCNC(=NCCCSC)NC1CCN(c2cccc(C)n2)CC1.I. The van der Waals surface area contributed by atoms with Crippen LogP contribution in [-0.4, -0.2) is 55.2 Å². The van der Waals surface area contributed by atoms with Crippen LogP contribution in [0.1, 0.15) is 31.9 Å². The lowest BCUT2D eigenvalue weighted by Crippen LogP contribution is -2.49. The van der Waals surface area contributed by atoms with E-state index in [1.807, 2.05) is 24.8 Å². The van der Waals surface area contributed by atoms with Crippen molar-refractivity contribution in [2.45, 2.75) is 39.2 Å². The van der Waals surface area contributed by atoms with Gasteiger partial charge in [0.05, 0.1) is 0 Å². The summed E-state index contributed by atoms with van der Waals surface area (Å²) >= 11 is 1.88. The maximum atomic E-state index is 4.69. The van der Waals surface area contributed by atoms with E-state index in [1.165, 1.54) is 5.75 Å². The molecule has 1 aromatic rings. The van der Waals surface area contributed by atoms with Crippen LogP contribution in [0.2, 0.25) is 0 Å². The molecule has 0 aromatic carbocycles. The maximum absolute atomic E-state index is 4.69. The number of pyridine rings is 1. The number of nitrogens with zero attached hydrogens (tertiary/aromatic N) is 3. The van der Waals surface area contributed by atoms with E-state index in [2.05, 4.69) is 50.8 Å². The van der Waals surface area contributed by atoms with Gasteiger partial charge < -0.3 is 15.5 Å². The molecule has 1 aliphatic heterocycles. The summed E-state index contributed by atoms with van der Waals surface area (Å²) in [5, 5.41) is 6.97. The first kappa shape index (κ1) is 22.3. The van der Waals surface area contributed by atoms with E-state index < -0.39 is 0 Å². The van der Waals surface area contributed by atoms with E-state index in [0.29, 0.717) is 6.04 Å². The molecule has 7 heteroatoms. The molecule has 1 saturated heterocycles. The maximum Gasteiger partial charge on any atom is 0.191 e. The minimum atomic E-state index is 0. The molecule has 1 aromatic heterocycles. The molecule has 0 saturated carbocycles. The average Bonchev–Trinajstić information content (AvgIpc) is 2.59. The average molecular weight is 477 g/mol. The first-order valence-corrected chi connectivity index (χ1v) is 10.3. The van der Waals surface area contributed by atoms with Gasteiger partial charge in [-0.1, -0.05) is 6.07 Å². The highest BCUT2D eigenvalue weighted by molar-refractivity contribution is 14.0. The fraction of sp³-hybridized carbons (Fsp3) is 0.667. The fourth-order valence-electron chi connectivity index (χ4n) is 2.87. The van der Waals surface area contributed by atoms with Crippen molar-refractivity contribution in [3.63, 3.8) is 0 Å². The summed E-state index contributed by atoms with van der Waals surface area (Å²) in [6.07, 6.45) is 5.51. The van der Waals surface area contributed by atoms with Crippen molar-refractivity contribution in [2.75, 3.05) is 43.1 Å². The van der Waals surface area contributed by atoms with Gasteiger partial charge in [0, 0.05) is 37.9 Å². The quantitative estimate of drug-likeness (QED) is 0.273. The summed E-state index contributed by atoms with van der Waals surface area (Å²) in [6, 6.07) is 6.74. The van der Waals surface area contributed by atoms with Crippen LogP contribution in [0.3, 0.4) is 0 Å². The lowest BCUT2D eigenvalue weighted by atomic mass is 10.1. The lowest BCUT2D eigenvalue weighted by Gasteiger charge is -2.34. The Hall–Kier alpha value is -0.700. The number of halogens is 1.